The Balaban J connectivity index is 1.62. The number of morpholine rings is 1. The first-order valence-electron chi connectivity index (χ1n) is 9.02. The summed E-state index contributed by atoms with van der Waals surface area (Å²) in [6.45, 7) is 3.82. The van der Waals surface area contributed by atoms with E-state index in [-0.39, 0.29) is 17.3 Å². The Morgan fingerprint density at radius 2 is 2.14 bits per heavy atom. The number of aromatic nitrogens is 3. The van der Waals surface area contributed by atoms with Crippen molar-refractivity contribution in [1.82, 2.24) is 25.0 Å². The second-order valence-electron chi connectivity index (χ2n) is 6.37. The molecule has 0 unspecified atom stereocenters. The number of alkyl halides is 1. The summed E-state index contributed by atoms with van der Waals surface area (Å²) >= 11 is 0. The number of pyridine rings is 1. The van der Waals surface area contributed by atoms with E-state index < -0.39 is 6.67 Å². The number of carbonyl (C=O) groups excluding carboxylic acids is 1. The van der Waals surface area contributed by atoms with E-state index in [0.29, 0.717) is 23.6 Å². The predicted octanol–water partition coefficient (Wildman–Crippen LogP) is 0.329. The minimum atomic E-state index is -0.685. The van der Waals surface area contributed by atoms with Gasteiger partial charge in [0, 0.05) is 39.3 Å². The van der Waals surface area contributed by atoms with Gasteiger partial charge in [-0.2, -0.15) is 5.10 Å². The van der Waals surface area contributed by atoms with Crippen molar-refractivity contribution in [3.8, 4) is 11.8 Å². The van der Waals surface area contributed by atoms with Crippen LogP contribution in [0.1, 0.15) is 27.6 Å². The van der Waals surface area contributed by atoms with Gasteiger partial charge in [0.25, 0.3) is 5.91 Å². The molecular weight excluding hydrogens is 363 g/mol. The second-order valence-corrected chi connectivity index (χ2v) is 6.37. The SMILES string of the molecule is Cn1nc(C(=O)NCCN2CCOCC2)cc1C#Cc1nc(CF)ccc1N. The van der Waals surface area contributed by atoms with Gasteiger partial charge in [-0.1, -0.05) is 0 Å². The predicted molar refractivity (Wildman–Crippen MR) is 102 cm³/mol. The van der Waals surface area contributed by atoms with Crippen LogP contribution in [0.4, 0.5) is 10.1 Å². The quantitative estimate of drug-likeness (QED) is 0.719. The molecule has 1 fully saturated rings. The Morgan fingerprint density at radius 3 is 2.89 bits per heavy atom. The molecule has 3 N–H and O–H groups in total. The molecule has 148 valence electrons. The van der Waals surface area contributed by atoms with E-state index in [2.05, 4.69) is 32.1 Å². The van der Waals surface area contributed by atoms with E-state index in [1.807, 2.05) is 0 Å². The van der Waals surface area contributed by atoms with Gasteiger partial charge in [0.15, 0.2) is 5.69 Å². The highest BCUT2D eigenvalue weighted by Crippen LogP contribution is 2.10. The zero-order valence-corrected chi connectivity index (χ0v) is 15.7. The highest BCUT2D eigenvalue weighted by molar-refractivity contribution is 5.92. The standard InChI is InChI=1S/C19H23FN6O2/c1-25-15(3-5-17-16(21)4-2-14(13-20)23-17)12-18(24-25)19(27)22-6-7-26-8-10-28-11-9-26/h2,4,12H,6-11,13,21H2,1H3,(H,22,27). The van der Waals surface area contributed by atoms with Gasteiger partial charge in [-0.05, 0) is 24.0 Å². The molecule has 0 bridgehead atoms. The van der Waals surface area contributed by atoms with E-state index in [4.69, 9.17) is 10.5 Å². The average Bonchev–Trinajstić information content (AvgIpc) is 3.09. The summed E-state index contributed by atoms with van der Waals surface area (Å²) in [6, 6.07) is 4.69. The molecule has 0 aromatic carbocycles. The maximum absolute atomic E-state index is 12.8. The fourth-order valence-corrected chi connectivity index (χ4v) is 2.75. The second kappa shape index (κ2) is 9.30. The number of nitrogen functional groups attached to an aromatic ring is 1. The van der Waals surface area contributed by atoms with Gasteiger partial charge in [0.1, 0.15) is 18.1 Å². The molecule has 2 aromatic heterocycles. The molecule has 1 aliphatic heterocycles. The number of nitrogens with zero attached hydrogens (tertiary/aromatic N) is 4. The summed E-state index contributed by atoms with van der Waals surface area (Å²) in [6.07, 6.45) is 0. The lowest BCUT2D eigenvalue weighted by Gasteiger charge is -2.26. The summed E-state index contributed by atoms with van der Waals surface area (Å²) in [5.41, 5.74) is 7.58. The lowest BCUT2D eigenvalue weighted by atomic mass is 10.2. The van der Waals surface area contributed by atoms with E-state index in [1.54, 1.807) is 19.2 Å². The minimum absolute atomic E-state index is 0.256. The van der Waals surface area contributed by atoms with E-state index in [1.165, 1.54) is 10.7 Å². The molecule has 0 saturated carbocycles. The maximum Gasteiger partial charge on any atom is 0.271 e. The zero-order chi connectivity index (χ0) is 19.9. The van der Waals surface area contributed by atoms with Gasteiger partial charge >= 0.3 is 0 Å². The fourth-order valence-electron chi connectivity index (χ4n) is 2.75. The number of ether oxygens (including phenoxy) is 1. The van der Waals surface area contributed by atoms with Crippen LogP contribution < -0.4 is 11.1 Å². The number of rotatable bonds is 5. The first-order chi connectivity index (χ1) is 13.6. The number of carbonyl (C=O) groups is 1. The van der Waals surface area contributed by atoms with Crippen LogP contribution in [0.5, 0.6) is 0 Å². The van der Waals surface area contributed by atoms with E-state index >= 15 is 0 Å². The van der Waals surface area contributed by atoms with Gasteiger partial charge in [-0.3, -0.25) is 14.4 Å². The van der Waals surface area contributed by atoms with Crippen molar-refractivity contribution in [2.24, 2.45) is 7.05 Å². The van der Waals surface area contributed by atoms with Crippen molar-refractivity contribution < 1.29 is 13.9 Å². The largest absolute Gasteiger partial charge is 0.396 e. The molecule has 1 saturated heterocycles. The Bertz CT molecular complexity index is 896. The van der Waals surface area contributed by atoms with Gasteiger partial charge in [-0.25, -0.2) is 9.37 Å². The number of anilines is 1. The molecule has 2 aromatic rings. The van der Waals surface area contributed by atoms with E-state index in [9.17, 15) is 9.18 Å². The van der Waals surface area contributed by atoms with Crippen molar-refractivity contribution in [1.29, 1.82) is 0 Å². The van der Waals surface area contributed by atoms with Crippen LogP contribution in [0, 0.1) is 11.8 Å². The Kier molecular flexibility index (Phi) is 6.57. The molecule has 3 rings (SSSR count). The number of aryl methyl sites for hydroxylation is 1. The number of halogens is 1. The first-order valence-corrected chi connectivity index (χ1v) is 9.02. The van der Waals surface area contributed by atoms with Crippen LogP contribution in [0.3, 0.4) is 0 Å². The molecule has 0 spiro atoms. The number of nitrogens with two attached hydrogens (primary N) is 1. The summed E-state index contributed by atoms with van der Waals surface area (Å²) in [5, 5.41) is 7.07. The van der Waals surface area contributed by atoms with Crippen molar-refractivity contribution in [2.45, 2.75) is 6.67 Å². The van der Waals surface area contributed by atoms with Gasteiger partial charge in [-0.15, -0.1) is 0 Å². The molecule has 1 amide bonds. The topological polar surface area (TPSA) is 98.3 Å². The monoisotopic (exact) mass is 386 g/mol. The highest BCUT2D eigenvalue weighted by atomic mass is 19.1. The average molecular weight is 386 g/mol. The Morgan fingerprint density at radius 1 is 1.36 bits per heavy atom. The molecule has 1 aliphatic rings. The molecule has 9 heteroatoms. The Hall–Kier alpha value is -2.96. The van der Waals surface area contributed by atoms with Gasteiger partial charge < -0.3 is 15.8 Å². The van der Waals surface area contributed by atoms with Crippen molar-refractivity contribution in [3.05, 3.63) is 41.0 Å². The molecule has 3 heterocycles. The van der Waals surface area contributed by atoms with Crippen LogP contribution in [0.25, 0.3) is 0 Å². The zero-order valence-electron chi connectivity index (χ0n) is 15.7. The molecule has 8 nitrogen and oxygen atoms in total. The highest BCUT2D eigenvalue weighted by Gasteiger charge is 2.14. The summed E-state index contributed by atoms with van der Waals surface area (Å²) in [7, 11) is 1.70. The summed E-state index contributed by atoms with van der Waals surface area (Å²) in [5.74, 6) is 5.45. The molecule has 0 atom stereocenters. The normalized spacial score (nSPS) is 14.4. The van der Waals surface area contributed by atoms with Gasteiger partial charge in [0.2, 0.25) is 0 Å². The lowest BCUT2D eigenvalue weighted by Crippen LogP contribution is -2.41. The molecule has 0 aliphatic carbocycles. The third kappa shape index (κ3) is 5.06. The Labute approximate surface area is 162 Å². The smallest absolute Gasteiger partial charge is 0.271 e. The number of hydrogen-bond acceptors (Lipinski definition) is 6. The third-order valence-electron chi connectivity index (χ3n) is 4.36. The molecule has 28 heavy (non-hydrogen) atoms. The number of amides is 1. The first kappa shape index (κ1) is 19.8. The summed E-state index contributed by atoms with van der Waals surface area (Å²) < 4.78 is 19.6. The molecular formula is C19H23FN6O2. The van der Waals surface area contributed by atoms with Crippen molar-refractivity contribution in [2.75, 3.05) is 45.1 Å². The number of hydrogen-bond donors (Lipinski definition) is 2. The molecule has 0 radical (unpaired) electrons. The van der Waals surface area contributed by atoms with Crippen LogP contribution in [-0.4, -0.2) is 65.0 Å². The van der Waals surface area contributed by atoms with Crippen molar-refractivity contribution in [3.63, 3.8) is 0 Å². The van der Waals surface area contributed by atoms with Gasteiger partial charge in [0.05, 0.1) is 24.6 Å². The van der Waals surface area contributed by atoms with Crippen LogP contribution in [-0.2, 0) is 18.5 Å². The van der Waals surface area contributed by atoms with Crippen LogP contribution >= 0.6 is 0 Å². The number of nitrogens with one attached hydrogen (secondary N) is 1. The van der Waals surface area contributed by atoms with E-state index in [0.717, 1.165) is 32.8 Å². The van der Waals surface area contributed by atoms with Crippen LogP contribution in [0.15, 0.2) is 18.2 Å². The summed E-state index contributed by atoms with van der Waals surface area (Å²) in [4.78, 5) is 18.6. The lowest BCUT2D eigenvalue weighted by molar-refractivity contribution is 0.0383. The van der Waals surface area contributed by atoms with Crippen LogP contribution in [0.2, 0.25) is 0 Å². The maximum atomic E-state index is 12.8. The van der Waals surface area contributed by atoms with Crippen molar-refractivity contribution >= 4 is 11.6 Å². The minimum Gasteiger partial charge on any atom is -0.396 e. The third-order valence-corrected chi connectivity index (χ3v) is 4.36. The fraction of sp³-hybridized carbons (Fsp3) is 0.421.